The molecule has 0 radical (unpaired) electrons. The molecular formula is C14H18ClNO3. The van der Waals surface area contributed by atoms with Crippen LogP contribution in [0.2, 0.25) is 5.02 Å². The summed E-state index contributed by atoms with van der Waals surface area (Å²) in [5, 5.41) is 3.87. The van der Waals surface area contributed by atoms with Gasteiger partial charge in [0.15, 0.2) is 5.54 Å². The number of rotatable bonds is 4. The molecule has 1 N–H and O–H groups in total. The van der Waals surface area contributed by atoms with Crippen LogP contribution >= 0.6 is 11.6 Å². The highest BCUT2D eigenvalue weighted by Crippen LogP contribution is 2.32. The molecule has 104 valence electrons. The van der Waals surface area contributed by atoms with Crippen LogP contribution in [0.3, 0.4) is 0 Å². The smallest absolute Gasteiger partial charge is 0.334 e. The number of esters is 1. The van der Waals surface area contributed by atoms with Crippen LogP contribution in [0, 0.1) is 0 Å². The molecule has 0 bridgehead atoms. The average Bonchev–Trinajstić information content (AvgIpc) is 2.72. The van der Waals surface area contributed by atoms with E-state index in [1.54, 1.807) is 19.1 Å². The normalized spacial score (nSPS) is 26.2. The van der Waals surface area contributed by atoms with Crippen molar-refractivity contribution in [2.75, 3.05) is 18.5 Å². The molecule has 1 aromatic carbocycles. The van der Waals surface area contributed by atoms with Crippen molar-refractivity contribution in [3.63, 3.8) is 0 Å². The first-order chi connectivity index (χ1) is 9.08. The van der Waals surface area contributed by atoms with Crippen molar-refractivity contribution in [1.82, 2.24) is 0 Å². The van der Waals surface area contributed by atoms with Gasteiger partial charge in [-0.15, -0.1) is 0 Å². The molecular weight excluding hydrogens is 266 g/mol. The monoisotopic (exact) mass is 283 g/mol. The standard InChI is InChI=1S/C14H18ClNO3/c1-3-18-13(17)14(7-8-19-10(14)2)16-12-6-4-5-11(15)9-12/h4-6,9-10,16H,3,7-8H2,1-2H3. The minimum Gasteiger partial charge on any atom is -0.464 e. The fourth-order valence-electron chi connectivity index (χ4n) is 2.31. The number of hydrogen-bond acceptors (Lipinski definition) is 4. The van der Waals surface area contributed by atoms with Crippen LogP contribution in [0.4, 0.5) is 5.69 Å². The first-order valence-electron chi connectivity index (χ1n) is 6.41. The topological polar surface area (TPSA) is 47.6 Å². The fourth-order valence-corrected chi connectivity index (χ4v) is 2.50. The second-order valence-electron chi connectivity index (χ2n) is 4.59. The molecule has 5 heteroatoms. The van der Waals surface area contributed by atoms with Gasteiger partial charge in [0, 0.05) is 23.7 Å². The Balaban J connectivity index is 2.26. The van der Waals surface area contributed by atoms with E-state index in [0.29, 0.717) is 24.7 Å². The molecule has 2 unspecified atom stereocenters. The molecule has 1 fully saturated rings. The molecule has 1 aromatic rings. The van der Waals surface area contributed by atoms with Gasteiger partial charge in [-0.2, -0.15) is 0 Å². The van der Waals surface area contributed by atoms with Gasteiger partial charge in [-0.05, 0) is 32.0 Å². The van der Waals surface area contributed by atoms with E-state index in [2.05, 4.69) is 5.32 Å². The molecule has 1 heterocycles. The lowest BCUT2D eigenvalue weighted by Gasteiger charge is -2.31. The Morgan fingerprint density at radius 1 is 1.63 bits per heavy atom. The van der Waals surface area contributed by atoms with Gasteiger partial charge in [-0.3, -0.25) is 0 Å². The Labute approximate surface area is 118 Å². The summed E-state index contributed by atoms with van der Waals surface area (Å²) in [7, 11) is 0. The molecule has 0 spiro atoms. The van der Waals surface area contributed by atoms with E-state index in [9.17, 15) is 4.79 Å². The van der Waals surface area contributed by atoms with Crippen LogP contribution in [0.15, 0.2) is 24.3 Å². The first-order valence-corrected chi connectivity index (χ1v) is 6.79. The van der Waals surface area contributed by atoms with Crippen molar-refractivity contribution in [3.8, 4) is 0 Å². The van der Waals surface area contributed by atoms with Crippen molar-refractivity contribution in [1.29, 1.82) is 0 Å². The van der Waals surface area contributed by atoms with Crippen LogP contribution in [0.5, 0.6) is 0 Å². The molecule has 2 atom stereocenters. The summed E-state index contributed by atoms with van der Waals surface area (Å²) in [6, 6.07) is 7.29. The number of anilines is 1. The predicted molar refractivity (Wildman–Crippen MR) is 74.5 cm³/mol. The molecule has 2 rings (SSSR count). The third kappa shape index (κ3) is 2.85. The highest BCUT2D eigenvalue weighted by Gasteiger charge is 2.49. The number of carbonyl (C=O) groups excluding carboxylic acids is 1. The zero-order valence-electron chi connectivity index (χ0n) is 11.1. The summed E-state index contributed by atoms with van der Waals surface area (Å²) in [5.74, 6) is -0.278. The van der Waals surface area contributed by atoms with Crippen molar-refractivity contribution in [2.24, 2.45) is 0 Å². The van der Waals surface area contributed by atoms with E-state index in [-0.39, 0.29) is 12.1 Å². The number of halogens is 1. The zero-order chi connectivity index (χ0) is 13.9. The second kappa shape index (κ2) is 5.80. The van der Waals surface area contributed by atoms with Crippen molar-refractivity contribution >= 4 is 23.3 Å². The Kier molecular flexibility index (Phi) is 4.32. The lowest BCUT2D eigenvalue weighted by molar-refractivity contribution is -0.150. The number of nitrogens with one attached hydrogen (secondary N) is 1. The summed E-state index contributed by atoms with van der Waals surface area (Å²) in [5.41, 5.74) is -0.0429. The maximum Gasteiger partial charge on any atom is 0.334 e. The van der Waals surface area contributed by atoms with E-state index >= 15 is 0 Å². The van der Waals surface area contributed by atoms with Gasteiger partial charge < -0.3 is 14.8 Å². The molecule has 1 aliphatic heterocycles. The molecule has 1 aliphatic rings. The summed E-state index contributed by atoms with van der Waals surface area (Å²) >= 11 is 5.97. The summed E-state index contributed by atoms with van der Waals surface area (Å²) in [6.45, 7) is 4.56. The fraction of sp³-hybridized carbons (Fsp3) is 0.500. The Bertz CT molecular complexity index is 466. The van der Waals surface area contributed by atoms with Crippen LogP contribution < -0.4 is 5.32 Å². The molecule has 0 aliphatic carbocycles. The number of ether oxygens (including phenoxy) is 2. The molecule has 0 amide bonds. The summed E-state index contributed by atoms with van der Waals surface area (Å²) in [6.07, 6.45) is 0.338. The number of hydrogen-bond donors (Lipinski definition) is 1. The van der Waals surface area contributed by atoms with Gasteiger partial charge in [0.1, 0.15) is 0 Å². The van der Waals surface area contributed by atoms with Gasteiger partial charge in [0.2, 0.25) is 0 Å². The predicted octanol–water partition coefficient (Wildman–Crippen LogP) is 2.86. The number of benzene rings is 1. The zero-order valence-corrected chi connectivity index (χ0v) is 11.9. The van der Waals surface area contributed by atoms with Crippen LogP contribution in [0.1, 0.15) is 20.3 Å². The van der Waals surface area contributed by atoms with E-state index in [0.717, 1.165) is 5.69 Å². The molecule has 19 heavy (non-hydrogen) atoms. The molecule has 0 aromatic heterocycles. The third-order valence-corrected chi connectivity index (χ3v) is 3.63. The van der Waals surface area contributed by atoms with E-state index in [4.69, 9.17) is 21.1 Å². The molecule has 0 saturated carbocycles. The van der Waals surface area contributed by atoms with Crippen molar-refractivity contribution in [3.05, 3.63) is 29.3 Å². The lowest BCUT2D eigenvalue weighted by atomic mass is 9.91. The van der Waals surface area contributed by atoms with Crippen LogP contribution in [-0.4, -0.2) is 30.8 Å². The van der Waals surface area contributed by atoms with Gasteiger partial charge >= 0.3 is 5.97 Å². The molecule has 1 saturated heterocycles. The SMILES string of the molecule is CCOC(=O)C1(Nc2cccc(Cl)c2)CCOC1C. The maximum absolute atomic E-state index is 12.3. The van der Waals surface area contributed by atoms with E-state index < -0.39 is 5.54 Å². The quantitative estimate of drug-likeness (QED) is 0.863. The van der Waals surface area contributed by atoms with Crippen molar-refractivity contribution in [2.45, 2.75) is 31.9 Å². The van der Waals surface area contributed by atoms with Gasteiger partial charge in [0.05, 0.1) is 12.7 Å². The minimum absolute atomic E-state index is 0.245. The van der Waals surface area contributed by atoms with Gasteiger partial charge in [0.25, 0.3) is 0 Å². The van der Waals surface area contributed by atoms with Crippen molar-refractivity contribution < 1.29 is 14.3 Å². The van der Waals surface area contributed by atoms with E-state index in [1.807, 2.05) is 19.1 Å². The highest BCUT2D eigenvalue weighted by molar-refractivity contribution is 6.30. The minimum atomic E-state index is -0.833. The summed E-state index contributed by atoms with van der Waals surface area (Å²) < 4.78 is 10.7. The second-order valence-corrected chi connectivity index (χ2v) is 5.03. The number of carbonyl (C=O) groups is 1. The largest absolute Gasteiger partial charge is 0.464 e. The Morgan fingerprint density at radius 3 is 3.00 bits per heavy atom. The highest BCUT2D eigenvalue weighted by atomic mass is 35.5. The van der Waals surface area contributed by atoms with E-state index in [1.165, 1.54) is 0 Å². The Hall–Kier alpha value is -1.26. The maximum atomic E-state index is 12.3. The van der Waals surface area contributed by atoms with Crippen LogP contribution in [0.25, 0.3) is 0 Å². The van der Waals surface area contributed by atoms with Gasteiger partial charge in [-0.25, -0.2) is 4.79 Å². The summed E-state index contributed by atoms with van der Waals surface area (Å²) in [4.78, 5) is 12.3. The van der Waals surface area contributed by atoms with Gasteiger partial charge in [-0.1, -0.05) is 17.7 Å². The third-order valence-electron chi connectivity index (χ3n) is 3.39. The van der Waals surface area contributed by atoms with Crippen LogP contribution in [-0.2, 0) is 14.3 Å². The Morgan fingerprint density at radius 2 is 2.42 bits per heavy atom. The first kappa shape index (κ1) is 14.2. The molecule has 4 nitrogen and oxygen atoms in total. The average molecular weight is 284 g/mol. The lowest BCUT2D eigenvalue weighted by Crippen LogP contribution is -2.52.